The maximum atomic E-state index is 12.9. The van der Waals surface area contributed by atoms with Gasteiger partial charge in [-0.2, -0.15) is 0 Å². The van der Waals surface area contributed by atoms with E-state index >= 15 is 0 Å². The second kappa shape index (κ2) is 8.32. The van der Waals surface area contributed by atoms with Gasteiger partial charge in [0.1, 0.15) is 0 Å². The number of para-hydroxylation sites is 1. The van der Waals surface area contributed by atoms with Gasteiger partial charge in [0.25, 0.3) is 11.2 Å². The summed E-state index contributed by atoms with van der Waals surface area (Å²) in [5.41, 5.74) is 1.36. The molecule has 3 rings (SSSR count). The van der Waals surface area contributed by atoms with Crippen LogP contribution in [0.25, 0.3) is 10.9 Å². The van der Waals surface area contributed by atoms with Gasteiger partial charge in [-0.15, -0.1) is 0 Å². The number of rotatable bonds is 7. The second-order valence-electron chi connectivity index (χ2n) is 5.97. The number of hydrogen-bond donors (Lipinski definition) is 0. The number of benzene rings is 2. The van der Waals surface area contributed by atoms with Gasteiger partial charge in [0.2, 0.25) is 0 Å². The lowest BCUT2D eigenvalue weighted by atomic mass is 10.1. The number of ether oxygens (including phenoxy) is 1. The Kier molecular flexibility index (Phi) is 5.88. The Balaban J connectivity index is 2.01. The van der Waals surface area contributed by atoms with Crippen LogP contribution in [0.3, 0.4) is 0 Å². The summed E-state index contributed by atoms with van der Waals surface area (Å²) in [6, 6.07) is 13.7. The summed E-state index contributed by atoms with van der Waals surface area (Å²) in [7, 11) is 1.58. The third kappa shape index (κ3) is 4.17. The number of nitrogens with zero attached hydrogens (tertiary/aromatic N) is 3. The maximum Gasteiger partial charge on any atom is 0.269 e. The summed E-state index contributed by atoms with van der Waals surface area (Å²) < 4.78 is 6.73. The largest absolute Gasteiger partial charge is 0.383 e. The fourth-order valence-corrected chi connectivity index (χ4v) is 3.79. The highest BCUT2D eigenvalue weighted by Crippen LogP contribution is 2.35. The van der Waals surface area contributed by atoms with Crippen LogP contribution in [0.15, 0.2) is 58.5 Å². The zero-order valence-corrected chi connectivity index (χ0v) is 15.8. The molecule has 1 atom stereocenters. The number of non-ortho nitro benzene ring substituents is 1. The number of fused-ring (bicyclic) bond motifs is 1. The monoisotopic (exact) mass is 385 g/mol. The van der Waals surface area contributed by atoms with E-state index in [1.807, 2.05) is 25.1 Å². The first-order valence-corrected chi connectivity index (χ1v) is 9.28. The molecule has 140 valence electrons. The standard InChI is InChI=1S/C19H19N3O4S/c1-13(14-6-5-7-15(12-14)22(24)25)27-19-20-17-9-4-3-8-16(17)18(23)21(19)10-11-26-2/h3-9,12-13H,10-11H2,1-2H3/t13-/m1/s1. The molecule has 0 saturated carbocycles. The summed E-state index contributed by atoms with van der Waals surface area (Å²) in [5.74, 6) is 0. The number of methoxy groups -OCH3 is 1. The third-order valence-electron chi connectivity index (χ3n) is 4.18. The van der Waals surface area contributed by atoms with Crippen molar-refractivity contribution in [2.24, 2.45) is 0 Å². The van der Waals surface area contributed by atoms with E-state index in [0.29, 0.717) is 29.2 Å². The molecule has 1 aromatic heterocycles. The quantitative estimate of drug-likeness (QED) is 0.266. The maximum absolute atomic E-state index is 12.9. The second-order valence-corrected chi connectivity index (χ2v) is 7.28. The fraction of sp³-hybridized carbons (Fsp3) is 0.263. The molecule has 0 aliphatic rings. The van der Waals surface area contributed by atoms with Gasteiger partial charge in [-0.05, 0) is 24.6 Å². The van der Waals surface area contributed by atoms with Crippen molar-refractivity contribution in [3.63, 3.8) is 0 Å². The molecule has 0 bridgehead atoms. The molecule has 0 unspecified atom stereocenters. The van der Waals surface area contributed by atoms with Gasteiger partial charge in [0.15, 0.2) is 5.16 Å². The summed E-state index contributed by atoms with van der Waals surface area (Å²) in [5, 5.41) is 12.0. The highest BCUT2D eigenvalue weighted by atomic mass is 32.2. The minimum absolute atomic E-state index is 0.0446. The molecule has 0 radical (unpaired) electrons. The Hall–Kier alpha value is -2.71. The predicted octanol–water partition coefficient (Wildman–Crippen LogP) is 3.80. The molecule has 2 aromatic carbocycles. The molecule has 0 spiro atoms. The highest BCUT2D eigenvalue weighted by molar-refractivity contribution is 7.99. The SMILES string of the molecule is COCCn1c(S[C@H](C)c2cccc([N+](=O)[O-])c2)nc2ccccc2c1=O. The van der Waals surface area contributed by atoms with E-state index in [9.17, 15) is 14.9 Å². The van der Waals surface area contributed by atoms with E-state index in [4.69, 9.17) is 4.74 Å². The van der Waals surface area contributed by atoms with Gasteiger partial charge in [-0.1, -0.05) is 36.0 Å². The summed E-state index contributed by atoms with van der Waals surface area (Å²) in [4.78, 5) is 28.1. The number of aromatic nitrogens is 2. The molecule has 7 nitrogen and oxygen atoms in total. The van der Waals surface area contributed by atoms with Crippen LogP contribution in [0.5, 0.6) is 0 Å². The van der Waals surface area contributed by atoms with Gasteiger partial charge in [0, 0.05) is 24.5 Å². The first-order valence-electron chi connectivity index (χ1n) is 8.41. The lowest BCUT2D eigenvalue weighted by Crippen LogP contribution is -2.25. The van der Waals surface area contributed by atoms with Crippen molar-refractivity contribution in [2.75, 3.05) is 13.7 Å². The van der Waals surface area contributed by atoms with Crippen LogP contribution in [-0.2, 0) is 11.3 Å². The van der Waals surface area contributed by atoms with Crippen molar-refractivity contribution >= 4 is 28.4 Å². The van der Waals surface area contributed by atoms with E-state index in [1.165, 1.54) is 17.8 Å². The van der Waals surface area contributed by atoms with E-state index in [2.05, 4.69) is 4.98 Å². The van der Waals surface area contributed by atoms with E-state index in [1.54, 1.807) is 35.9 Å². The van der Waals surface area contributed by atoms with Gasteiger partial charge < -0.3 is 4.74 Å². The molecule has 0 saturated heterocycles. The van der Waals surface area contributed by atoms with Gasteiger partial charge >= 0.3 is 0 Å². The minimum atomic E-state index is -0.413. The fourth-order valence-electron chi connectivity index (χ4n) is 2.73. The lowest BCUT2D eigenvalue weighted by Gasteiger charge is -2.16. The van der Waals surface area contributed by atoms with Crippen molar-refractivity contribution in [1.29, 1.82) is 0 Å². The van der Waals surface area contributed by atoms with Gasteiger partial charge in [-0.25, -0.2) is 4.98 Å². The number of nitro groups is 1. The highest BCUT2D eigenvalue weighted by Gasteiger charge is 2.17. The number of hydrogen-bond acceptors (Lipinski definition) is 6. The normalized spacial score (nSPS) is 12.2. The van der Waals surface area contributed by atoms with E-state index in [-0.39, 0.29) is 16.5 Å². The van der Waals surface area contributed by atoms with Gasteiger partial charge in [0.05, 0.1) is 29.0 Å². The molecular weight excluding hydrogens is 366 g/mol. The smallest absolute Gasteiger partial charge is 0.269 e. The number of nitro benzene ring substituents is 1. The van der Waals surface area contributed by atoms with E-state index < -0.39 is 4.92 Å². The van der Waals surface area contributed by atoms with Crippen molar-refractivity contribution in [3.05, 3.63) is 74.6 Å². The zero-order valence-electron chi connectivity index (χ0n) is 15.0. The molecule has 8 heteroatoms. The molecule has 0 fully saturated rings. The number of thioether (sulfide) groups is 1. The lowest BCUT2D eigenvalue weighted by molar-refractivity contribution is -0.384. The molecule has 0 aliphatic carbocycles. The molecule has 0 aliphatic heterocycles. The van der Waals surface area contributed by atoms with Crippen LogP contribution in [0.2, 0.25) is 0 Å². The van der Waals surface area contributed by atoms with E-state index in [0.717, 1.165) is 5.56 Å². The first-order chi connectivity index (χ1) is 13.0. The average Bonchev–Trinajstić information content (AvgIpc) is 2.68. The molecule has 1 heterocycles. The van der Waals surface area contributed by atoms with Crippen molar-refractivity contribution < 1.29 is 9.66 Å². The summed E-state index contributed by atoms with van der Waals surface area (Å²) in [6.07, 6.45) is 0. The Morgan fingerprint density at radius 3 is 2.78 bits per heavy atom. The van der Waals surface area contributed by atoms with Crippen LogP contribution < -0.4 is 5.56 Å². The molecule has 27 heavy (non-hydrogen) atoms. The Morgan fingerprint density at radius 1 is 1.26 bits per heavy atom. The van der Waals surface area contributed by atoms with Gasteiger partial charge in [-0.3, -0.25) is 19.5 Å². The Morgan fingerprint density at radius 2 is 2.04 bits per heavy atom. The van der Waals surface area contributed by atoms with Crippen LogP contribution in [0.4, 0.5) is 5.69 Å². The van der Waals surface area contributed by atoms with Crippen LogP contribution in [-0.4, -0.2) is 28.2 Å². The third-order valence-corrected chi connectivity index (χ3v) is 5.33. The van der Waals surface area contributed by atoms with Crippen LogP contribution in [0.1, 0.15) is 17.7 Å². The summed E-state index contributed by atoms with van der Waals surface area (Å²) in [6.45, 7) is 2.71. The molecular formula is C19H19N3O4S. The molecule has 0 amide bonds. The Labute approximate surface area is 160 Å². The Bertz CT molecular complexity index is 1030. The van der Waals surface area contributed by atoms with Crippen LogP contribution in [0, 0.1) is 10.1 Å². The first kappa shape index (κ1) is 19.1. The minimum Gasteiger partial charge on any atom is -0.383 e. The zero-order chi connectivity index (χ0) is 19.4. The van der Waals surface area contributed by atoms with Crippen LogP contribution >= 0.6 is 11.8 Å². The summed E-state index contributed by atoms with van der Waals surface area (Å²) >= 11 is 1.40. The predicted molar refractivity (Wildman–Crippen MR) is 105 cm³/mol. The molecule has 0 N–H and O–H groups in total. The van der Waals surface area contributed by atoms with Crippen molar-refractivity contribution in [2.45, 2.75) is 23.9 Å². The topological polar surface area (TPSA) is 87.3 Å². The molecule has 3 aromatic rings. The van der Waals surface area contributed by atoms with Crippen molar-refractivity contribution in [3.8, 4) is 0 Å². The average molecular weight is 385 g/mol. The van der Waals surface area contributed by atoms with Crippen molar-refractivity contribution in [1.82, 2.24) is 9.55 Å².